The molecule has 0 radical (unpaired) electrons. The van der Waals surface area contributed by atoms with Crippen LogP contribution in [0.1, 0.15) is 35.4 Å². The van der Waals surface area contributed by atoms with E-state index in [2.05, 4.69) is 79.0 Å². The van der Waals surface area contributed by atoms with E-state index in [1.54, 1.807) is 0 Å². The van der Waals surface area contributed by atoms with Gasteiger partial charge in [-0.15, -0.1) is 14.8 Å². The van der Waals surface area contributed by atoms with E-state index in [1.807, 2.05) is 18.2 Å². The van der Waals surface area contributed by atoms with Crippen LogP contribution < -0.4 is 4.90 Å². The molecule has 1 amide bonds. The van der Waals surface area contributed by atoms with E-state index in [0.717, 1.165) is 38.3 Å². The molecule has 0 saturated carbocycles. The zero-order valence-electron chi connectivity index (χ0n) is 18.3. The second-order valence-corrected chi connectivity index (χ2v) is 8.86. The molecule has 2 aromatic carbocycles. The van der Waals surface area contributed by atoms with Gasteiger partial charge in [-0.3, -0.25) is 4.79 Å². The lowest BCUT2D eigenvalue weighted by molar-refractivity contribution is -0.137. The Bertz CT molecular complexity index is 1280. The van der Waals surface area contributed by atoms with Gasteiger partial charge in [0.2, 0.25) is 5.91 Å². The summed E-state index contributed by atoms with van der Waals surface area (Å²) in [4.78, 5) is 17.9. The Morgan fingerprint density at radius 3 is 2.55 bits per heavy atom. The van der Waals surface area contributed by atoms with Crippen molar-refractivity contribution in [2.75, 3.05) is 24.5 Å². The molecule has 33 heavy (non-hydrogen) atoms. The third kappa shape index (κ3) is 3.71. The second kappa shape index (κ2) is 8.27. The third-order valence-corrected chi connectivity index (χ3v) is 6.93. The quantitative estimate of drug-likeness (QED) is 0.488. The van der Waals surface area contributed by atoms with Crippen molar-refractivity contribution in [1.82, 2.24) is 30.2 Å². The Morgan fingerprint density at radius 1 is 0.909 bits per heavy atom. The van der Waals surface area contributed by atoms with E-state index in [4.69, 9.17) is 0 Å². The highest BCUT2D eigenvalue weighted by Crippen LogP contribution is 2.35. The molecule has 6 rings (SSSR count). The van der Waals surface area contributed by atoms with Gasteiger partial charge in [-0.25, -0.2) is 0 Å². The largest absolute Gasteiger partial charge is 0.355 e. The van der Waals surface area contributed by atoms with Crippen LogP contribution in [0.15, 0.2) is 66.7 Å². The number of piperidine rings is 1. The van der Waals surface area contributed by atoms with Crippen LogP contribution in [0, 0.1) is 5.92 Å². The van der Waals surface area contributed by atoms with Crippen molar-refractivity contribution in [2.24, 2.45) is 5.92 Å². The molecule has 166 valence electrons. The first-order chi connectivity index (χ1) is 16.3. The predicted octanol–water partition coefficient (Wildman–Crippen LogP) is 2.91. The van der Waals surface area contributed by atoms with Crippen LogP contribution in [0.4, 0.5) is 5.82 Å². The van der Waals surface area contributed by atoms with Crippen molar-refractivity contribution in [3.05, 3.63) is 83.4 Å². The van der Waals surface area contributed by atoms with Gasteiger partial charge < -0.3 is 9.80 Å². The van der Waals surface area contributed by atoms with Crippen molar-refractivity contribution in [2.45, 2.75) is 25.3 Å². The molecule has 2 aliphatic heterocycles. The normalized spacial score (nSPS) is 19.0. The minimum absolute atomic E-state index is 0.0414. The number of carbonyl (C=O) groups is 1. The van der Waals surface area contributed by atoms with Crippen LogP contribution in [0.3, 0.4) is 0 Å². The summed E-state index contributed by atoms with van der Waals surface area (Å²) >= 11 is 0. The van der Waals surface area contributed by atoms with Crippen LogP contribution >= 0.6 is 0 Å². The number of anilines is 1. The monoisotopic (exact) mass is 439 g/mol. The number of hydrogen-bond acceptors (Lipinski definition) is 6. The summed E-state index contributed by atoms with van der Waals surface area (Å²) in [5, 5.41) is 15.9. The summed E-state index contributed by atoms with van der Waals surface area (Å²) in [6.07, 6.45) is 1.64. The predicted molar refractivity (Wildman–Crippen MR) is 124 cm³/mol. The Balaban J connectivity index is 1.17. The topological polar surface area (TPSA) is 79.5 Å². The third-order valence-electron chi connectivity index (χ3n) is 6.93. The van der Waals surface area contributed by atoms with E-state index >= 15 is 0 Å². The summed E-state index contributed by atoms with van der Waals surface area (Å²) in [6, 6.07) is 22.9. The molecular formula is C25H25N7O. The first kappa shape index (κ1) is 19.8. The summed E-state index contributed by atoms with van der Waals surface area (Å²) in [7, 11) is 0. The fourth-order valence-electron chi connectivity index (χ4n) is 5.17. The minimum Gasteiger partial charge on any atom is -0.355 e. The van der Waals surface area contributed by atoms with E-state index in [0.29, 0.717) is 12.2 Å². The lowest BCUT2D eigenvalue weighted by atomic mass is 9.84. The Hall–Kier alpha value is -3.81. The van der Waals surface area contributed by atoms with Crippen molar-refractivity contribution < 1.29 is 4.79 Å². The number of tetrazole rings is 1. The Kier molecular flexibility index (Phi) is 4.97. The summed E-state index contributed by atoms with van der Waals surface area (Å²) in [5.41, 5.74) is 4.48. The number of nitrogens with zero attached hydrogens (tertiary/aromatic N) is 7. The van der Waals surface area contributed by atoms with Gasteiger partial charge in [0.05, 0.1) is 0 Å². The molecule has 4 aromatic rings. The summed E-state index contributed by atoms with van der Waals surface area (Å²) < 4.78 is 1.45. The van der Waals surface area contributed by atoms with E-state index in [1.165, 1.54) is 21.3 Å². The van der Waals surface area contributed by atoms with Crippen molar-refractivity contribution >= 4 is 17.4 Å². The molecule has 8 heteroatoms. The minimum atomic E-state index is 0.0414. The van der Waals surface area contributed by atoms with Crippen LogP contribution in [0.2, 0.25) is 0 Å². The average molecular weight is 440 g/mol. The van der Waals surface area contributed by atoms with Gasteiger partial charge in [0.1, 0.15) is 0 Å². The Labute approximate surface area is 191 Å². The van der Waals surface area contributed by atoms with Crippen LogP contribution in [0.5, 0.6) is 0 Å². The van der Waals surface area contributed by atoms with Gasteiger partial charge in [0, 0.05) is 38.0 Å². The maximum Gasteiger partial charge on any atom is 0.226 e. The van der Waals surface area contributed by atoms with Crippen molar-refractivity contribution in [3.8, 4) is 0 Å². The number of hydrogen-bond donors (Lipinski definition) is 0. The molecule has 2 aromatic heterocycles. The molecule has 1 saturated heterocycles. The molecule has 0 aliphatic carbocycles. The molecule has 8 nitrogen and oxygen atoms in total. The maximum absolute atomic E-state index is 13.6. The van der Waals surface area contributed by atoms with Gasteiger partial charge in [-0.05, 0) is 52.1 Å². The fraction of sp³-hybridized carbons (Fsp3) is 0.320. The summed E-state index contributed by atoms with van der Waals surface area (Å²) in [6.45, 7) is 3.01. The molecule has 1 atom stereocenters. The number of amides is 1. The average Bonchev–Trinajstić information content (AvgIpc) is 3.36. The van der Waals surface area contributed by atoms with E-state index in [-0.39, 0.29) is 17.7 Å². The molecule has 2 aliphatic rings. The maximum atomic E-state index is 13.6. The fourth-order valence-corrected chi connectivity index (χ4v) is 5.17. The molecule has 4 heterocycles. The molecule has 1 fully saturated rings. The number of rotatable bonds is 3. The van der Waals surface area contributed by atoms with Gasteiger partial charge >= 0.3 is 0 Å². The first-order valence-corrected chi connectivity index (χ1v) is 11.5. The van der Waals surface area contributed by atoms with E-state index in [9.17, 15) is 4.79 Å². The van der Waals surface area contributed by atoms with Gasteiger partial charge in [-0.2, -0.15) is 0 Å². The SMILES string of the molecule is O=C(C1CCN(c2ccc3nnnn3n2)CC1)N1Cc2ccccc2C(c2ccccc2)C1. The van der Waals surface area contributed by atoms with Crippen LogP contribution in [-0.2, 0) is 11.3 Å². The highest BCUT2D eigenvalue weighted by Gasteiger charge is 2.34. The highest BCUT2D eigenvalue weighted by molar-refractivity contribution is 5.80. The number of benzene rings is 2. The zero-order chi connectivity index (χ0) is 22.2. The molecular weight excluding hydrogens is 414 g/mol. The van der Waals surface area contributed by atoms with Crippen molar-refractivity contribution in [3.63, 3.8) is 0 Å². The van der Waals surface area contributed by atoms with Crippen LogP contribution in [-0.4, -0.2) is 55.7 Å². The van der Waals surface area contributed by atoms with E-state index < -0.39 is 0 Å². The molecule has 0 N–H and O–H groups in total. The van der Waals surface area contributed by atoms with Gasteiger partial charge in [-0.1, -0.05) is 54.6 Å². The first-order valence-electron chi connectivity index (χ1n) is 11.5. The number of carbonyl (C=O) groups excluding carboxylic acids is 1. The number of fused-ring (bicyclic) bond motifs is 2. The smallest absolute Gasteiger partial charge is 0.226 e. The van der Waals surface area contributed by atoms with Gasteiger partial charge in [0.15, 0.2) is 11.5 Å². The highest BCUT2D eigenvalue weighted by atomic mass is 16.2. The summed E-state index contributed by atoms with van der Waals surface area (Å²) in [5.74, 6) is 1.37. The standard InChI is InChI=1S/C25H25N7O/c33-25(19-12-14-30(15-13-19)24-11-10-23-26-28-29-32(23)27-24)31-16-20-8-4-5-9-21(20)22(17-31)18-6-2-1-3-7-18/h1-11,19,22H,12-17H2. The lowest BCUT2D eigenvalue weighted by Gasteiger charge is -2.39. The van der Waals surface area contributed by atoms with Crippen molar-refractivity contribution in [1.29, 1.82) is 0 Å². The number of aromatic nitrogens is 5. The molecule has 1 unspecified atom stereocenters. The molecule has 0 bridgehead atoms. The zero-order valence-corrected chi connectivity index (χ0v) is 18.3. The van der Waals surface area contributed by atoms with Gasteiger partial charge in [0.25, 0.3) is 0 Å². The second-order valence-electron chi connectivity index (χ2n) is 8.86. The lowest BCUT2D eigenvalue weighted by Crippen LogP contribution is -2.45. The molecule has 0 spiro atoms. The Morgan fingerprint density at radius 2 is 1.70 bits per heavy atom. The van der Waals surface area contributed by atoms with Crippen LogP contribution in [0.25, 0.3) is 5.65 Å².